The van der Waals surface area contributed by atoms with Gasteiger partial charge in [-0.25, -0.2) is 0 Å². The maximum Gasteiger partial charge on any atom is 0.167 e. The lowest BCUT2D eigenvalue weighted by molar-refractivity contribution is 0.435. The van der Waals surface area contributed by atoms with E-state index in [1.807, 2.05) is 62.6 Å². The first-order valence-electron chi connectivity index (χ1n) is 6.54. The van der Waals surface area contributed by atoms with Crippen molar-refractivity contribution in [1.82, 2.24) is 5.16 Å². The highest BCUT2D eigenvalue weighted by molar-refractivity contribution is 5.68. The lowest BCUT2D eigenvalue weighted by Crippen LogP contribution is -2.07. The molecule has 1 aromatic heterocycles. The largest absolute Gasteiger partial charge is 0.378 e. The quantitative estimate of drug-likeness (QED) is 0.714. The van der Waals surface area contributed by atoms with Crippen LogP contribution in [0.15, 0.2) is 65.2 Å². The predicted octanol–water partition coefficient (Wildman–Crippen LogP) is 4.07. The van der Waals surface area contributed by atoms with E-state index in [1.165, 1.54) is 0 Å². The Labute approximate surface area is 118 Å². The highest BCUT2D eigenvalue weighted by Crippen LogP contribution is 2.27. The lowest BCUT2D eigenvalue weighted by atomic mass is 10.1. The summed E-state index contributed by atoms with van der Waals surface area (Å²) in [5, 5.41) is 4.13. The summed E-state index contributed by atoms with van der Waals surface area (Å²) in [6.45, 7) is 0. The molecule has 3 heteroatoms. The molecule has 2 aromatic carbocycles. The van der Waals surface area contributed by atoms with Crippen LogP contribution in [0, 0.1) is 0 Å². The second-order valence-electron chi connectivity index (χ2n) is 4.88. The Bertz CT molecular complexity index is 685. The van der Waals surface area contributed by atoms with Gasteiger partial charge in [0.15, 0.2) is 5.76 Å². The highest BCUT2D eigenvalue weighted by Gasteiger charge is 2.08. The fraction of sp³-hybridized carbons (Fsp3) is 0.118. The number of rotatable bonds is 3. The standard InChI is InChI=1S/C17H16N2O/c1-19(2)15-10-8-14(9-11-15)17-12-16(18-20-17)13-6-4-3-5-7-13/h3-12H,1-2H3. The zero-order chi connectivity index (χ0) is 13.9. The zero-order valence-electron chi connectivity index (χ0n) is 11.6. The molecular weight excluding hydrogens is 248 g/mol. The molecule has 0 aliphatic carbocycles. The number of anilines is 1. The monoisotopic (exact) mass is 264 g/mol. The topological polar surface area (TPSA) is 29.3 Å². The smallest absolute Gasteiger partial charge is 0.167 e. The number of benzene rings is 2. The molecule has 3 nitrogen and oxygen atoms in total. The van der Waals surface area contributed by atoms with Crippen molar-refractivity contribution < 1.29 is 4.52 Å². The van der Waals surface area contributed by atoms with E-state index >= 15 is 0 Å². The number of nitrogens with zero attached hydrogens (tertiary/aromatic N) is 2. The van der Waals surface area contributed by atoms with Crippen LogP contribution in [0.4, 0.5) is 5.69 Å². The molecule has 20 heavy (non-hydrogen) atoms. The minimum absolute atomic E-state index is 0.786. The van der Waals surface area contributed by atoms with Gasteiger partial charge in [-0.05, 0) is 24.3 Å². The van der Waals surface area contributed by atoms with E-state index < -0.39 is 0 Å². The van der Waals surface area contributed by atoms with E-state index in [4.69, 9.17) is 4.52 Å². The van der Waals surface area contributed by atoms with Crippen LogP contribution in [-0.4, -0.2) is 19.3 Å². The third kappa shape index (κ3) is 2.43. The summed E-state index contributed by atoms with van der Waals surface area (Å²) >= 11 is 0. The third-order valence-corrected chi connectivity index (χ3v) is 3.25. The minimum atomic E-state index is 0.786. The average Bonchev–Trinajstić information content (AvgIpc) is 2.98. The van der Waals surface area contributed by atoms with Crippen molar-refractivity contribution in [3.63, 3.8) is 0 Å². The SMILES string of the molecule is CN(C)c1ccc(-c2cc(-c3ccccc3)no2)cc1. The summed E-state index contributed by atoms with van der Waals surface area (Å²) in [5.41, 5.74) is 4.12. The average molecular weight is 264 g/mol. The van der Waals surface area contributed by atoms with Gasteiger partial charge in [0, 0.05) is 37.0 Å². The molecule has 0 saturated carbocycles. The van der Waals surface area contributed by atoms with Crippen molar-refractivity contribution in [2.45, 2.75) is 0 Å². The zero-order valence-corrected chi connectivity index (χ0v) is 11.6. The van der Waals surface area contributed by atoms with E-state index in [0.717, 1.165) is 28.3 Å². The molecule has 0 radical (unpaired) electrons. The van der Waals surface area contributed by atoms with E-state index in [-0.39, 0.29) is 0 Å². The molecule has 0 atom stereocenters. The van der Waals surface area contributed by atoms with Crippen LogP contribution in [-0.2, 0) is 0 Å². The van der Waals surface area contributed by atoms with Gasteiger partial charge in [0.05, 0.1) is 0 Å². The summed E-state index contributed by atoms with van der Waals surface area (Å²) < 4.78 is 5.44. The lowest BCUT2D eigenvalue weighted by Gasteiger charge is -2.11. The van der Waals surface area contributed by atoms with Crippen LogP contribution in [0.2, 0.25) is 0 Å². The van der Waals surface area contributed by atoms with Gasteiger partial charge in [-0.3, -0.25) is 0 Å². The molecule has 100 valence electrons. The van der Waals surface area contributed by atoms with Crippen LogP contribution in [0.5, 0.6) is 0 Å². The Hall–Kier alpha value is -2.55. The Morgan fingerprint density at radius 3 is 2.20 bits per heavy atom. The van der Waals surface area contributed by atoms with Crippen molar-refractivity contribution in [2.24, 2.45) is 0 Å². The van der Waals surface area contributed by atoms with Crippen LogP contribution < -0.4 is 4.90 Å². The van der Waals surface area contributed by atoms with E-state index in [0.29, 0.717) is 0 Å². The molecule has 0 aliphatic rings. The first-order valence-corrected chi connectivity index (χ1v) is 6.54. The Balaban J connectivity index is 1.90. The van der Waals surface area contributed by atoms with Crippen LogP contribution >= 0.6 is 0 Å². The van der Waals surface area contributed by atoms with E-state index in [9.17, 15) is 0 Å². The summed E-state index contributed by atoms with van der Waals surface area (Å²) in [6, 6.07) is 20.2. The fourth-order valence-corrected chi connectivity index (χ4v) is 2.08. The molecule has 3 rings (SSSR count). The number of hydrogen-bond acceptors (Lipinski definition) is 3. The predicted molar refractivity (Wildman–Crippen MR) is 81.7 cm³/mol. The van der Waals surface area contributed by atoms with Crippen molar-refractivity contribution in [3.8, 4) is 22.6 Å². The van der Waals surface area contributed by atoms with Crippen molar-refractivity contribution in [1.29, 1.82) is 0 Å². The Morgan fingerprint density at radius 2 is 1.55 bits per heavy atom. The maximum atomic E-state index is 5.44. The fourth-order valence-electron chi connectivity index (χ4n) is 2.08. The number of hydrogen-bond donors (Lipinski definition) is 0. The number of aromatic nitrogens is 1. The normalized spacial score (nSPS) is 10.5. The first-order chi connectivity index (χ1) is 9.74. The summed E-state index contributed by atoms with van der Waals surface area (Å²) in [4.78, 5) is 2.07. The molecule has 1 heterocycles. The van der Waals surface area contributed by atoms with E-state index in [2.05, 4.69) is 22.2 Å². The molecule has 3 aromatic rings. The van der Waals surface area contributed by atoms with Crippen LogP contribution in [0.3, 0.4) is 0 Å². The molecule has 0 bridgehead atoms. The van der Waals surface area contributed by atoms with Crippen molar-refractivity contribution in [3.05, 3.63) is 60.7 Å². The van der Waals surface area contributed by atoms with Gasteiger partial charge in [-0.2, -0.15) is 0 Å². The Morgan fingerprint density at radius 1 is 0.850 bits per heavy atom. The van der Waals surface area contributed by atoms with Gasteiger partial charge in [0.25, 0.3) is 0 Å². The molecular formula is C17H16N2O. The summed E-state index contributed by atoms with van der Waals surface area (Å²) in [5.74, 6) is 0.786. The highest BCUT2D eigenvalue weighted by atomic mass is 16.5. The second-order valence-corrected chi connectivity index (χ2v) is 4.88. The van der Waals surface area contributed by atoms with Gasteiger partial charge in [0.1, 0.15) is 5.69 Å². The minimum Gasteiger partial charge on any atom is -0.378 e. The summed E-state index contributed by atoms with van der Waals surface area (Å²) in [7, 11) is 4.05. The molecule has 0 N–H and O–H groups in total. The molecule has 0 aliphatic heterocycles. The van der Waals surface area contributed by atoms with Crippen molar-refractivity contribution >= 4 is 5.69 Å². The first kappa shape index (κ1) is 12.5. The van der Waals surface area contributed by atoms with Gasteiger partial charge in [-0.15, -0.1) is 0 Å². The maximum absolute atomic E-state index is 5.44. The molecule has 0 amide bonds. The van der Waals surface area contributed by atoms with Gasteiger partial charge < -0.3 is 9.42 Å². The van der Waals surface area contributed by atoms with Crippen molar-refractivity contribution in [2.75, 3.05) is 19.0 Å². The summed E-state index contributed by atoms with van der Waals surface area (Å²) in [6.07, 6.45) is 0. The second kappa shape index (κ2) is 5.21. The third-order valence-electron chi connectivity index (χ3n) is 3.25. The van der Waals surface area contributed by atoms with Crippen LogP contribution in [0.1, 0.15) is 0 Å². The van der Waals surface area contributed by atoms with Gasteiger partial charge >= 0.3 is 0 Å². The molecule has 0 saturated heterocycles. The van der Waals surface area contributed by atoms with E-state index in [1.54, 1.807) is 0 Å². The molecule has 0 unspecified atom stereocenters. The van der Waals surface area contributed by atoms with Gasteiger partial charge in [0.2, 0.25) is 0 Å². The Kier molecular flexibility index (Phi) is 3.25. The molecule has 0 fully saturated rings. The van der Waals surface area contributed by atoms with Gasteiger partial charge in [-0.1, -0.05) is 35.5 Å². The van der Waals surface area contributed by atoms with Crippen LogP contribution in [0.25, 0.3) is 22.6 Å². The molecule has 0 spiro atoms.